The molecule has 2 heterocycles. The van der Waals surface area contributed by atoms with Crippen molar-refractivity contribution in [1.82, 2.24) is 4.57 Å². The fourth-order valence-corrected chi connectivity index (χ4v) is 7.50. The first-order valence-corrected chi connectivity index (χ1v) is 15.9. The third kappa shape index (κ3) is 3.46. The van der Waals surface area contributed by atoms with Crippen LogP contribution in [0.15, 0.2) is 168 Å². The van der Waals surface area contributed by atoms with Crippen LogP contribution in [-0.2, 0) is 0 Å². The first-order chi connectivity index (χ1) is 27.2. The molecule has 2 heteroatoms. The number of benzene rings is 9. The predicted molar refractivity (Wildman–Crippen MR) is 203 cm³/mol. The van der Waals surface area contributed by atoms with Crippen LogP contribution < -0.4 is 0 Å². The Hall–Kier alpha value is -6.38. The van der Waals surface area contributed by atoms with E-state index >= 15 is 0 Å². The van der Waals surface area contributed by atoms with Gasteiger partial charge in [0.25, 0.3) is 0 Å². The standard InChI is InChI=1S/C46H27NO/c1-2-8-28(9-3-1)33-22-16-30-19-25-38-34(23-17-31-18-24-37(33)43(30)44(31)38)29-14-20-32(21-15-29)47-41-12-6-4-10-35(41)39-26-27-40-36-11-5-7-13-42(36)48-46(40)45(39)47/h1-27H/i16D,17D,18D,19D,22D,23D,24D,25D. The number of nitrogens with zero attached hydrogens (tertiary/aromatic N) is 1. The van der Waals surface area contributed by atoms with E-state index in [4.69, 9.17) is 7.16 Å². The molecule has 0 aliphatic carbocycles. The second-order valence-electron chi connectivity index (χ2n) is 12.2. The minimum Gasteiger partial charge on any atom is -0.454 e. The summed E-state index contributed by atoms with van der Waals surface area (Å²) in [5.74, 6) is 0. The first-order valence-electron chi connectivity index (χ1n) is 19.9. The molecule has 11 aromatic rings. The lowest BCUT2D eigenvalue weighted by Crippen LogP contribution is -1.94. The Bertz CT molecular complexity index is 3500. The Morgan fingerprint density at radius 2 is 1.02 bits per heavy atom. The number of hydrogen-bond donors (Lipinski definition) is 0. The van der Waals surface area contributed by atoms with Gasteiger partial charge in [-0.15, -0.1) is 0 Å². The third-order valence-electron chi connectivity index (χ3n) is 9.66. The summed E-state index contributed by atoms with van der Waals surface area (Å²) in [7, 11) is 0. The van der Waals surface area contributed by atoms with Crippen molar-refractivity contribution >= 4 is 76.1 Å². The van der Waals surface area contributed by atoms with Gasteiger partial charge in [-0.2, -0.15) is 0 Å². The van der Waals surface area contributed by atoms with Crippen LogP contribution in [0, 0.1) is 0 Å². The van der Waals surface area contributed by atoms with Gasteiger partial charge >= 0.3 is 0 Å². The highest BCUT2D eigenvalue weighted by Gasteiger charge is 2.19. The SMILES string of the molecule is [2H]c1c([2H])c2c([2H])c([2H])c3c(-c4ccc(-n5c6ccccc6c6ccc7c8ccccc8oc7c65)cc4)c([2H])c([2H])c4c([2H])c([2H])c(c1-c1ccccc1)c2c43. The molecule has 0 N–H and O–H groups in total. The molecule has 2 aromatic heterocycles. The second-order valence-corrected chi connectivity index (χ2v) is 12.2. The molecule has 0 spiro atoms. The number of aromatic nitrogens is 1. The molecular formula is C46H27NO. The van der Waals surface area contributed by atoms with E-state index < -0.39 is 0 Å². The van der Waals surface area contributed by atoms with Gasteiger partial charge in [0.2, 0.25) is 0 Å². The third-order valence-corrected chi connectivity index (χ3v) is 9.66. The highest BCUT2D eigenvalue weighted by atomic mass is 16.3. The number of furan rings is 1. The summed E-state index contributed by atoms with van der Waals surface area (Å²) in [6.45, 7) is 0. The molecule has 11 rings (SSSR count). The van der Waals surface area contributed by atoms with Gasteiger partial charge < -0.3 is 8.98 Å². The average molecular weight is 618 g/mol. The smallest absolute Gasteiger partial charge is 0.160 e. The van der Waals surface area contributed by atoms with Crippen molar-refractivity contribution in [2.45, 2.75) is 0 Å². The number of rotatable bonds is 3. The first kappa shape index (κ1) is 19.3. The predicted octanol–water partition coefficient (Wildman–Crippen LogP) is 12.9. The Morgan fingerprint density at radius 1 is 0.438 bits per heavy atom. The van der Waals surface area contributed by atoms with Crippen LogP contribution >= 0.6 is 0 Å². The molecule has 0 unspecified atom stereocenters. The Balaban J connectivity index is 1.22. The van der Waals surface area contributed by atoms with E-state index in [-0.39, 0.29) is 80.8 Å². The number of para-hydroxylation sites is 2. The van der Waals surface area contributed by atoms with Gasteiger partial charge in [0.1, 0.15) is 5.58 Å². The van der Waals surface area contributed by atoms with Crippen LogP contribution in [-0.4, -0.2) is 4.57 Å². The summed E-state index contributed by atoms with van der Waals surface area (Å²) >= 11 is 0. The highest BCUT2D eigenvalue weighted by Crippen LogP contribution is 2.43. The lowest BCUT2D eigenvalue weighted by molar-refractivity contribution is 0.671. The monoisotopic (exact) mass is 617 g/mol. The van der Waals surface area contributed by atoms with Gasteiger partial charge in [0, 0.05) is 27.2 Å². The zero-order valence-electron chi connectivity index (χ0n) is 33.3. The summed E-state index contributed by atoms with van der Waals surface area (Å²) in [6, 6.07) is 34.9. The van der Waals surface area contributed by atoms with Gasteiger partial charge in [0.05, 0.1) is 22.0 Å². The van der Waals surface area contributed by atoms with Gasteiger partial charge in [-0.1, -0.05) is 133 Å². The Morgan fingerprint density at radius 3 is 1.75 bits per heavy atom. The van der Waals surface area contributed by atoms with Crippen LogP contribution in [0.25, 0.3) is 104 Å². The molecule has 2 nitrogen and oxygen atoms in total. The molecule has 0 radical (unpaired) electrons. The van der Waals surface area contributed by atoms with Crippen molar-refractivity contribution < 1.29 is 15.4 Å². The number of fused-ring (bicyclic) bond motifs is 7. The van der Waals surface area contributed by atoms with Crippen LogP contribution in [0.2, 0.25) is 0 Å². The van der Waals surface area contributed by atoms with E-state index in [0.29, 0.717) is 22.1 Å². The Kier molecular flexibility index (Phi) is 3.85. The minimum absolute atomic E-state index is 0.0256. The quantitative estimate of drug-likeness (QED) is 0.180. The van der Waals surface area contributed by atoms with E-state index in [2.05, 4.69) is 34.9 Å². The maximum atomic E-state index is 9.36. The average Bonchev–Trinajstić information content (AvgIpc) is 3.77. The van der Waals surface area contributed by atoms with Gasteiger partial charge in [0.15, 0.2) is 5.58 Å². The minimum atomic E-state index is -0.297. The van der Waals surface area contributed by atoms with Crippen LogP contribution in [0.3, 0.4) is 0 Å². The lowest BCUT2D eigenvalue weighted by Gasteiger charge is -2.17. The van der Waals surface area contributed by atoms with Gasteiger partial charge in [-0.05, 0) is 84.9 Å². The van der Waals surface area contributed by atoms with Gasteiger partial charge in [-0.3, -0.25) is 0 Å². The molecule has 0 bridgehead atoms. The van der Waals surface area contributed by atoms with E-state index in [1.807, 2.05) is 60.7 Å². The molecule has 48 heavy (non-hydrogen) atoms. The van der Waals surface area contributed by atoms with Crippen LogP contribution in [0.1, 0.15) is 11.0 Å². The molecule has 0 saturated carbocycles. The Labute approximate surface area is 287 Å². The molecule has 222 valence electrons. The number of hydrogen-bond acceptors (Lipinski definition) is 1. The van der Waals surface area contributed by atoms with E-state index in [1.165, 1.54) is 0 Å². The zero-order valence-corrected chi connectivity index (χ0v) is 25.3. The van der Waals surface area contributed by atoms with Crippen molar-refractivity contribution in [2.75, 3.05) is 0 Å². The molecular weight excluding hydrogens is 583 g/mol. The summed E-state index contributed by atoms with van der Waals surface area (Å²) in [4.78, 5) is 0. The van der Waals surface area contributed by atoms with E-state index in [9.17, 15) is 8.22 Å². The maximum absolute atomic E-state index is 9.36. The molecule has 0 amide bonds. The van der Waals surface area contributed by atoms with Crippen molar-refractivity contribution in [1.29, 1.82) is 0 Å². The maximum Gasteiger partial charge on any atom is 0.160 e. The molecule has 0 aliphatic rings. The molecule has 0 aliphatic heterocycles. The molecule has 9 aromatic carbocycles. The summed E-state index contributed by atoms with van der Waals surface area (Å²) in [6.07, 6.45) is 0. The molecule has 0 fully saturated rings. The molecule has 0 atom stereocenters. The van der Waals surface area contributed by atoms with Crippen LogP contribution in [0.5, 0.6) is 0 Å². The molecule has 0 saturated heterocycles. The topological polar surface area (TPSA) is 18.1 Å². The van der Waals surface area contributed by atoms with Crippen molar-refractivity contribution in [2.24, 2.45) is 0 Å². The summed E-state index contributed by atoms with van der Waals surface area (Å²) in [5.41, 5.74) is 5.98. The largest absolute Gasteiger partial charge is 0.454 e. The highest BCUT2D eigenvalue weighted by molar-refractivity contribution is 6.27. The van der Waals surface area contributed by atoms with Crippen molar-refractivity contribution in [3.05, 3.63) is 164 Å². The lowest BCUT2D eigenvalue weighted by atomic mass is 9.87. The van der Waals surface area contributed by atoms with E-state index in [1.54, 1.807) is 24.3 Å². The fraction of sp³-hybridized carbons (Fsp3) is 0. The summed E-state index contributed by atoms with van der Waals surface area (Å²) in [5, 5.41) is 5.21. The van der Waals surface area contributed by atoms with Gasteiger partial charge in [-0.25, -0.2) is 0 Å². The van der Waals surface area contributed by atoms with Crippen molar-refractivity contribution in [3.63, 3.8) is 0 Å². The van der Waals surface area contributed by atoms with Crippen molar-refractivity contribution in [3.8, 4) is 27.9 Å². The fourth-order valence-electron chi connectivity index (χ4n) is 7.50. The summed E-state index contributed by atoms with van der Waals surface area (Å²) < 4.78 is 82.4. The second kappa shape index (κ2) is 9.57. The van der Waals surface area contributed by atoms with E-state index in [0.717, 1.165) is 49.4 Å². The van der Waals surface area contributed by atoms with Crippen LogP contribution in [0.4, 0.5) is 0 Å². The zero-order chi connectivity index (χ0) is 38.3. The normalized spacial score (nSPS) is 14.5.